The fraction of sp³-hybridized carbons (Fsp3) is 0.310. The highest BCUT2D eigenvalue weighted by Crippen LogP contribution is 2.24. The van der Waals surface area contributed by atoms with E-state index in [0.717, 1.165) is 22.2 Å². The number of anilines is 1. The fourth-order valence-electron chi connectivity index (χ4n) is 4.18. The quantitative estimate of drug-likeness (QED) is 0.238. The molecule has 0 heterocycles. The zero-order chi connectivity index (χ0) is 30.2. The van der Waals surface area contributed by atoms with Crippen molar-refractivity contribution in [3.8, 4) is 0 Å². The third-order valence-corrected chi connectivity index (χ3v) is 7.72. The molecule has 3 aromatic carbocycles. The lowest BCUT2D eigenvalue weighted by molar-refractivity contribution is -0.384. The number of hydrogen-bond donors (Lipinski definition) is 1. The minimum absolute atomic E-state index is 0.0823. The topological polar surface area (TPSA) is 130 Å². The summed E-state index contributed by atoms with van der Waals surface area (Å²) in [5.74, 6) is -1.86. The summed E-state index contributed by atoms with van der Waals surface area (Å²) in [6, 6.07) is 18.3. The Bertz CT molecular complexity index is 1490. The van der Waals surface area contributed by atoms with Crippen molar-refractivity contribution in [2.24, 2.45) is 0 Å². The van der Waals surface area contributed by atoms with Crippen LogP contribution in [0.2, 0.25) is 0 Å². The van der Waals surface area contributed by atoms with Crippen molar-refractivity contribution < 1.29 is 27.3 Å². The Morgan fingerprint density at radius 2 is 1.68 bits per heavy atom. The van der Waals surface area contributed by atoms with Crippen LogP contribution in [-0.2, 0) is 32.6 Å². The second-order valence-electron chi connectivity index (χ2n) is 9.68. The van der Waals surface area contributed by atoms with Gasteiger partial charge in [0, 0.05) is 36.7 Å². The zero-order valence-corrected chi connectivity index (χ0v) is 23.9. The maximum Gasteiger partial charge on any atom is 0.271 e. The van der Waals surface area contributed by atoms with Crippen LogP contribution >= 0.6 is 0 Å². The van der Waals surface area contributed by atoms with Gasteiger partial charge in [-0.25, -0.2) is 12.8 Å². The highest BCUT2D eigenvalue weighted by atomic mass is 32.2. The van der Waals surface area contributed by atoms with E-state index in [1.54, 1.807) is 30.3 Å². The molecule has 3 rings (SSSR count). The first-order valence-electron chi connectivity index (χ1n) is 13.0. The molecule has 2 amide bonds. The summed E-state index contributed by atoms with van der Waals surface area (Å²) in [6.45, 7) is 2.62. The van der Waals surface area contributed by atoms with Crippen LogP contribution < -0.4 is 9.62 Å². The van der Waals surface area contributed by atoms with Crippen molar-refractivity contribution in [3.63, 3.8) is 0 Å². The molecule has 12 heteroatoms. The van der Waals surface area contributed by atoms with Crippen molar-refractivity contribution in [1.29, 1.82) is 0 Å². The lowest BCUT2D eigenvalue weighted by atomic mass is 10.0. The molecule has 2 atom stereocenters. The summed E-state index contributed by atoms with van der Waals surface area (Å²) in [5.41, 5.74) is 0.421. The number of nitro groups is 1. The van der Waals surface area contributed by atoms with Gasteiger partial charge in [-0.1, -0.05) is 61.5 Å². The monoisotopic (exact) mass is 584 g/mol. The van der Waals surface area contributed by atoms with E-state index >= 15 is 0 Å². The zero-order valence-electron chi connectivity index (χ0n) is 23.1. The van der Waals surface area contributed by atoms with Gasteiger partial charge >= 0.3 is 0 Å². The molecule has 0 aliphatic rings. The SMILES string of the molecule is CC[C@@H](C)NC(=O)[C@H](Cc1ccccc1)N(Cc1ccccc1F)C(=O)CN(c1cccc([N+](=O)[O-])c1)S(C)(=O)=O. The number of nitrogens with one attached hydrogen (secondary N) is 1. The van der Waals surface area contributed by atoms with E-state index in [1.165, 1.54) is 41.3 Å². The summed E-state index contributed by atoms with van der Waals surface area (Å²) in [6.07, 6.45) is 1.58. The molecule has 0 aliphatic carbocycles. The Morgan fingerprint density at radius 1 is 1.02 bits per heavy atom. The number of sulfonamides is 1. The summed E-state index contributed by atoms with van der Waals surface area (Å²) in [7, 11) is -4.11. The summed E-state index contributed by atoms with van der Waals surface area (Å²) in [4.78, 5) is 39.4. The van der Waals surface area contributed by atoms with Crippen LogP contribution in [0.3, 0.4) is 0 Å². The molecule has 0 bridgehead atoms. The van der Waals surface area contributed by atoms with Gasteiger partial charge in [-0.3, -0.25) is 24.0 Å². The Morgan fingerprint density at radius 3 is 2.29 bits per heavy atom. The lowest BCUT2D eigenvalue weighted by Gasteiger charge is -2.34. The number of nitrogens with zero attached hydrogens (tertiary/aromatic N) is 3. The second-order valence-corrected chi connectivity index (χ2v) is 11.6. The molecule has 3 aromatic rings. The number of non-ortho nitro benzene ring substituents is 1. The summed E-state index contributed by atoms with van der Waals surface area (Å²) < 4.78 is 41.2. The van der Waals surface area contributed by atoms with Crippen LogP contribution in [0.15, 0.2) is 78.9 Å². The van der Waals surface area contributed by atoms with Crippen LogP contribution in [0.4, 0.5) is 15.8 Å². The third kappa shape index (κ3) is 8.58. The van der Waals surface area contributed by atoms with Gasteiger partial charge in [-0.05, 0) is 31.0 Å². The number of halogens is 1. The average molecular weight is 585 g/mol. The van der Waals surface area contributed by atoms with Gasteiger partial charge in [0.1, 0.15) is 18.4 Å². The number of amides is 2. The van der Waals surface area contributed by atoms with Crippen molar-refractivity contribution in [2.75, 3.05) is 17.1 Å². The molecule has 0 spiro atoms. The van der Waals surface area contributed by atoms with Gasteiger partial charge in [0.05, 0.1) is 16.9 Å². The number of nitro benzene ring substituents is 1. The first-order chi connectivity index (χ1) is 19.4. The minimum atomic E-state index is -4.11. The number of benzene rings is 3. The van der Waals surface area contributed by atoms with E-state index in [-0.39, 0.29) is 35.9 Å². The number of hydrogen-bond acceptors (Lipinski definition) is 6. The highest BCUT2D eigenvalue weighted by Gasteiger charge is 2.34. The molecule has 0 radical (unpaired) electrons. The Kier molecular flexibility index (Phi) is 10.5. The van der Waals surface area contributed by atoms with Gasteiger partial charge in [0.25, 0.3) is 5.69 Å². The molecule has 0 saturated carbocycles. The van der Waals surface area contributed by atoms with Gasteiger partial charge in [0.15, 0.2) is 0 Å². The van der Waals surface area contributed by atoms with Crippen LogP contribution in [0.1, 0.15) is 31.4 Å². The summed E-state index contributed by atoms with van der Waals surface area (Å²) in [5, 5.41) is 14.2. The standard InChI is InChI=1S/C29H33FN4O6S/c1-4-21(2)31-29(36)27(17-22-11-6-5-7-12-22)32(19-23-13-8-9-16-26(23)30)28(35)20-33(41(3,39)40)24-14-10-15-25(18-24)34(37)38/h5-16,18,21,27H,4,17,19-20H2,1-3H3,(H,31,36)/t21-,27+/m1/s1. The molecule has 0 saturated heterocycles. The maximum absolute atomic E-state index is 14.8. The molecule has 0 unspecified atom stereocenters. The molecule has 0 aromatic heterocycles. The number of carbonyl (C=O) groups excluding carboxylic acids is 2. The fourth-order valence-corrected chi connectivity index (χ4v) is 5.02. The Balaban J connectivity index is 2.09. The second kappa shape index (κ2) is 13.8. The van der Waals surface area contributed by atoms with Gasteiger partial charge in [0.2, 0.25) is 21.8 Å². The number of carbonyl (C=O) groups is 2. The largest absolute Gasteiger partial charge is 0.352 e. The minimum Gasteiger partial charge on any atom is -0.352 e. The molecule has 1 N–H and O–H groups in total. The van der Waals surface area contributed by atoms with Crippen molar-refractivity contribution in [3.05, 3.63) is 106 Å². The smallest absolute Gasteiger partial charge is 0.271 e. The van der Waals surface area contributed by atoms with Crippen molar-refractivity contribution >= 4 is 33.2 Å². The molecule has 0 aliphatic heterocycles. The first-order valence-corrected chi connectivity index (χ1v) is 14.8. The number of rotatable bonds is 13. The average Bonchev–Trinajstić information content (AvgIpc) is 2.94. The van der Waals surface area contributed by atoms with Crippen LogP contribution in [-0.4, -0.2) is 54.9 Å². The van der Waals surface area contributed by atoms with E-state index in [0.29, 0.717) is 6.42 Å². The maximum atomic E-state index is 14.8. The summed E-state index contributed by atoms with van der Waals surface area (Å²) >= 11 is 0. The molecule has 41 heavy (non-hydrogen) atoms. The van der Waals surface area contributed by atoms with E-state index in [2.05, 4.69) is 5.32 Å². The van der Waals surface area contributed by atoms with E-state index in [9.17, 15) is 32.5 Å². The lowest BCUT2D eigenvalue weighted by Crippen LogP contribution is -2.54. The van der Waals surface area contributed by atoms with Gasteiger partial charge < -0.3 is 10.2 Å². The Labute approximate surface area is 239 Å². The molecule has 0 fully saturated rings. The van der Waals surface area contributed by atoms with Crippen LogP contribution in [0.25, 0.3) is 0 Å². The highest BCUT2D eigenvalue weighted by molar-refractivity contribution is 7.92. The Hall–Kier alpha value is -4.32. The van der Waals surface area contributed by atoms with Gasteiger partial charge in [-0.2, -0.15) is 0 Å². The van der Waals surface area contributed by atoms with E-state index in [1.807, 2.05) is 19.9 Å². The van der Waals surface area contributed by atoms with Crippen LogP contribution in [0.5, 0.6) is 0 Å². The molecular weight excluding hydrogens is 551 g/mol. The van der Waals surface area contributed by atoms with Crippen LogP contribution in [0, 0.1) is 15.9 Å². The van der Waals surface area contributed by atoms with E-state index in [4.69, 9.17) is 0 Å². The molecule has 10 nitrogen and oxygen atoms in total. The van der Waals surface area contributed by atoms with Crippen molar-refractivity contribution in [2.45, 2.75) is 45.3 Å². The molecular formula is C29H33FN4O6S. The van der Waals surface area contributed by atoms with Gasteiger partial charge in [-0.15, -0.1) is 0 Å². The first kappa shape index (κ1) is 31.2. The van der Waals surface area contributed by atoms with E-state index < -0.39 is 45.2 Å². The normalized spacial score (nSPS) is 12.7. The predicted octanol–water partition coefficient (Wildman–Crippen LogP) is 4.05. The molecule has 218 valence electrons. The predicted molar refractivity (Wildman–Crippen MR) is 154 cm³/mol. The third-order valence-electron chi connectivity index (χ3n) is 6.58. The van der Waals surface area contributed by atoms with Crippen molar-refractivity contribution in [1.82, 2.24) is 10.2 Å².